The number of halogens is 1. The van der Waals surface area contributed by atoms with Crippen molar-refractivity contribution in [2.75, 3.05) is 20.6 Å². The monoisotopic (exact) mass is 238 g/mol. The highest BCUT2D eigenvalue weighted by molar-refractivity contribution is 5.96. The molecule has 1 N–H and O–H groups in total. The maximum atomic E-state index is 13.5. The van der Waals surface area contributed by atoms with E-state index in [0.29, 0.717) is 0 Å². The molecule has 0 saturated heterocycles. The van der Waals surface area contributed by atoms with Crippen molar-refractivity contribution < 1.29 is 14.0 Å². The van der Waals surface area contributed by atoms with Crippen LogP contribution in [0, 0.1) is 12.7 Å². The van der Waals surface area contributed by atoms with E-state index in [-0.39, 0.29) is 18.0 Å². The van der Waals surface area contributed by atoms with E-state index in [2.05, 4.69) is 5.32 Å². The van der Waals surface area contributed by atoms with Gasteiger partial charge in [0.1, 0.15) is 5.82 Å². The highest BCUT2D eigenvalue weighted by Crippen LogP contribution is 2.11. The molecule has 1 aromatic carbocycles. The molecule has 0 fully saturated rings. The molecule has 2 amide bonds. The fourth-order valence-corrected chi connectivity index (χ4v) is 1.37. The van der Waals surface area contributed by atoms with Gasteiger partial charge < -0.3 is 10.2 Å². The second-order valence-corrected chi connectivity index (χ2v) is 3.82. The van der Waals surface area contributed by atoms with E-state index in [4.69, 9.17) is 0 Å². The molecule has 0 aromatic heterocycles. The summed E-state index contributed by atoms with van der Waals surface area (Å²) in [5.74, 6) is -1.38. The fraction of sp³-hybridized carbons (Fsp3) is 0.333. The van der Waals surface area contributed by atoms with Crippen LogP contribution in [0.3, 0.4) is 0 Å². The zero-order valence-corrected chi connectivity index (χ0v) is 10.1. The van der Waals surface area contributed by atoms with Gasteiger partial charge >= 0.3 is 0 Å². The molecule has 17 heavy (non-hydrogen) atoms. The molecule has 4 nitrogen and oxygen atoms in total. The Kier molecular flexibility index (Phi) is 4.20. The van der Waals surface area contributed by atoms with E-state index in [1.165, 1.54) is 31.1 Å². The van der Waals surface area contributed by atoms with Crippen LogP contribution in [0.4, 0.5) is 4.39 Å². The first-order valence-corrected chi connectivity index (χ1v) is 5.18. The molecule has 0 bridgehead atoms. The number of hydrogen-bond donors (Lipinski definition) is 1. The molecule has 92 valence electrons. The van der Waals surface area contributed by atoms with Crippen LogP contribution in [0.15, 0.2) is 18.2 Å². The summed E-state index contributed by atoms with van der Waals surface area (Å²) in [6.07, 6.45) is 0. The highest BCUT2D eigenvalue weighted by Gasteiger charge is 2.17. The maximum Gasteiger partial charge on any atom is 0.257 e. The van der Waals surface area contributed by atoms with Gasteiger partial charge in [0, 0.05) is 14.1 Å². The molecule has 1 aromatic rings. The zero-order chi connectivity index (χ0) is 13.0. The van der Waals surface area contributed by atoms with Gasteiger partial charge in [-0.1, -0.05) is 6.07 Å². The van der Waals surface area contributed by atoms with Crippen LogP contribution >= 0.6 is 0 Å². The van der Waals surface area contributed by atoms with Crippen LogP contribution in [-0.2, 0) is 4.79 Å². The third-order valence-electron chi connectivity index (χ3n) is 2.36. The van der Waals surface area contributed by atoms with Gasteiger partial charge in [-0.25, -0.2) is 4.39 Å². The summed E-state index contributed by atoms with van der Waals surface area (Å²) in [6.45, 7) is 1.65. The van der Waals surface area contributed by atoms with Gasteiger partial charge in [0.15, 0.2) is 0 Å². The third kappa shape index (κ3) is 3.27. The minimum atomic E-state index is -0.571. The number of hydrogen-bond acceptors (Lipinski definition) is 2. The van der Waals surface area contributed by atoms with Crippen LogP contribution in [0.5, 0.6) is 0 Å². The van der Waals surface area contributed by atoms with Gasteiger partial charge in [0.25, 0.3) is 5.91 Å². The normalized spacial score (nSPS) is 9.88. The van der Waals surface area contributed by atoms with Gasteiger partial charge in [0.2, 0.25) is 5.91 Å². The molecule has 0 radical (unpaired) electrons. The van der Waals surface area contributed by atoms with Crippen molar-refractivity contribution in [3.63, 3.8) is 0 Å². The number of amides is 2. The van der Waals surface area contributed by atoms with E-state index in [1.54, 1.807) is 13.0 Å². The molecule has 1 rings (SSSR count). The van der Waals surface area contributed by atoms with Gasteiger partial charge in [-0.05, 0) is 24.6 Å². The van der Waals surface area contributed by atoms with Crippen LogP contribution in [-0.4, -0.2) is 37.4 Å². The van der Waals surface area contributed by atoms with Gasteiger partial charge in [0.05, 0.1) is 12.1 Å². The molecule has 0 heterocycles. The van der Waals surface area contributed by atoms with Crippen LogP contribution in [0.25, 0.3) is 0 Å². The Labute approximate surface area is 99.4 Å². The Morgan fingerprint density at radius 1 is 1.41 bits per heavy atom. The number of nitrogens with zero attached hydrogens (tertiary/aromatic N) is 1. The standard InChI is InChI=1S/C12H15FN2O2/c1-8-4-5-9(10(13)6-8)12(17)15(3)7-11(16)14-2/h4-6H,7H2,1-3H3,(H,14,16). The third-order valence-corrected chi connectivity index (χ3v) is 2.36. The molecular weight excluding hydrogens is 223 g/mol. The summed E-state index contributed by atoms with van der Waals surface area (Å²) in [6, 6.07) is 4.37. The smallest absolute Gasteiger partial charge is 0.257 e. The van der Waals surface area contributed by atoms with Gasteiger partial charge in [-0.3, -0.25) is 9.59 Å². The number of aryl methyl sites for hydroxylation is 1. The minimum absolute atomic E-state index is 0.0259. The van der Waals surface area contributed by atoms with E-state index in [1.807, 2.05) is 0 Å². The van der Waals surface area contributed by atoms with E-state index in [9.17, 15) is 14.0 Å². The summed E-state index contributed by atoms with van der Waals surface area (Å²) in [4.78, 5) is 24.1. The molecule has 0 atom stereocenters. The summed E-state index contributed by atoms with van der Waals surface area (Å²) in [7, 11) is 2.93. The SMILES string of the molecule is CNC(=O)CN(C)C(=O)c1ccc(C)cc1F. The Balaban J connectivity index is 2.85. The number of benzene rings is 1. The number of carbonyl (C=O) groups is 2. The molecule has 0 aliphatic heterocycles. The summed E-state index contributed by atoms with van der Waals surface area (Å²) in [5.41, 5.74) is 0.718. The number of nitrogens with one attached hydrogen (secondary N) is 1. The molecule has 0 saturated carbocycles. The van der Waals surface area contributed by atoms with Crippen molar-refractivity contribution in [3.05, 3.63) is 35.1 Å². The molecule has 5 heteroatoms. The second-order valence-electron chi connectivity index (χ2n) is 3.82. The lowest BCUT2D eigenvalue weighted by Crippen LogP contribution is -2.37. The summed E-state index contributed by atoms with van der Waals surface area (Å²) in [5, 5.41) is 2.40. The largest absolute Gasteiger partial charge is 0.358 e. The van der Waals surface area contributed by atoms with Gasteiger partial charge in [-0.2, -0.15) is 0 Å². The van der Waals surface area contributed by atoms with Crippen molar-refractivity contribution >= 4 is 11.8 Å². The topological polar surface area (TPSA) is 49.4 Å². The number of carbonyl (C=O) groups excluding carboxylic acids is 2. The lowest BCUT2D eigenvalue weighted by atomic mass is 10.1. The minimum Gasteiger partial charge on any atom is -0.358 e. The fourth-order valence-electron chi connectivity index (χ4n) is 1.37. The Hall–Kier alpha value is -1.91. The van der Waals surface area contributed by atoms with Crippen molar-refractivity contribution in [1.82, 2.24) is 10.2 Å². The lowest BCUT2D eigenvalue weighted by Gasteiger charge is -2.16. The average Bonchev–Trinajstić information content (AvgIpc) is 2.28. The highest BCUT2D eigenvalue weighted by atomic mass is 19.1. The van der Waals surface area contributed by atoms with Crippen LogP contribution in [0.2, 0.25) is 0 Å². The summed E-state index contributed by atoms with van der Waals surface area (Å²) >= 11 is 0. The first-order chi connectivity index (χ1) is 7.95. The first kappa shape index (κ1) is 13.2. The number of likely N-dealkylation sites (N-methyl/N-ethyl adjacent to an activating group) is 2. The second kappa shape index (κ2) is 5.43. The Bertz CT molecular complexity index is 446. The van der Waals surface area contributed by atoms with E-state index < -0.39 is 11.7 Å². The number of rotatable bonds is 3. The quantitative estimate of drug-likeness (QED) is 0.852. The van der Waals surface area contributed by atoms with Crippen LogP contribution < -0.4 is 5.32 Å². The average molecular weight is 238 g/mol. The van der Waals surface area contributed by atoms with Crippen molar-refractivity contribution in [2.24, 2.45) is 0 Å². The Morgan fingerprint density at radius 2 is 2.06 bits per heavy atom. The molecule has 0 aliphatic carbocycles. The van der Waals surface area contributed by atoms with E-state index >= 15 is 0 Å². The maximum absolute atomic E-state index is 13.5. The Morgan fingerprint density at radius 3 is 2.59 bits per heavy atom. The van der Waals surface area contributed by atoms with Crippen LogP contribution in [0.1, 0.15) is 15.9 Å². The predicted octanol–water partition coefficient (Wildman–Crippen LogP) is 0.952. The predicted molar refractivity (Wildman–Crippen MR) is 62.2 cm³/mol. The molecule has 0 aliphatic rings. The van der Waals surface area contributed by atoms with Gasteiger partial charge in [-0.15, -0.1) is 0 Å². The molecular formula is C12H15FN2O2. The van der Waals surface area contributed by atoms with E-state index in [0.717, 1.165) is 5.56 Å². The molecule has 0 spiro atoms. The summed E-state index contributed by atoms with van der Waals surface area (Å²) < 4.78 is 13.5. The van der Waals surface area contributed by atoms with Crippen molar-refractivity contribution in [2.45, 2.75) is 6.92 Å². The zero-order valence-electron chi connectivity index (χ0n) is 10.1. The molecule has 0 unspecified atom stereocenters. The first-order valence-electron chi connectivity index (χ1n) is 5.18. The lowest BCUT2D eigenvalue weighted by molar-refractivity contribution is -0.121. The van der Waals surface area contributed by atoms with Crippen molar-refractivity contribution in [3.8, 4) is 0 Å². The van der Waals surface area contributed by atoms with Crippen molar-refractivity contribution in [1.29, 1.82) is 0 Å².